The quantitative estimate of drug-likeness (QED) is 0.328. The van der Waals surface area contributed by atoms with Gasteiger partial charge in [-0.1, -0.05) is 12.1 Å². The highest BCUT2D eigenvalue weighted by Gasteiger charge is 2.13. The third-order valence-electron chi connectivity index (χ3n) is 3.30. The maximum Gasteiger partial charge on any atom is 0.331 e. The molecule has 1 heterocycles. The Morgan fingerprint density at radius 2 is 2.08 bits per heavy atom. The van der Waals surface area contributed by atoms with Crippen LogP contribution in [0.15, 0.2) is 47.2 Å². The van der Waals surface area contributed by atoms with Gasteiger partial charge in [-0.15, -0.1) is 0 Å². The van der Waals surface area contributed by atoms with Gasteiger partial charge in [-0.2, -0.15) is 11.3 Å². The standard InChI is InChI=1S/C17H16N2O5S/c1-18(10-13-8-9-25-12-13)16(20)11-24-17(21)7-6-14-4-2-3-5-15(14)19(22)23/h2-9,12H,10-11H2,1H3/b7-6+. The van der Waals surface area contributed by atoms with Gasteiger partial charge in [-0.05, 0) is 34.5 Å². The summed E-state index contributed by atoms with van der Waals surface area (Å²) < 4.78 is 4.88. The molecule has 2 rings (SSSR count). The Morgan fingerprint density at radius 3 is 2.76 bits per heavy atom. The maximum atomic E-state index is 11.9. The minimum absolute atomic E-state index is 0.113. The predicted octanol–water partition coefficient (Wildman–Crippen LogP) is 2.87. The van der Waals surface area contributed by atoms with Crippen molar-refractivity contribution in [1.82, 2.24) is 4.90 Å². The molecular formula is C17H16N2O5S. The van der Waals surface area contributed by atoms with Crippen molar-refractivity contribution < 1.29 is 19.2 Å². The molecule has 0 spiro atoms. The number of benzene rings is 1. The maximum absolute atomic E-state index is 11.9. The minimum atomic E-state index is -0.740. The summed E-state index contributed by atoms with van der Waals surface area (Å²) in [6, 6.07) is 7.93. The first-order valence-corrected chi connectivity index (χ1v) is 8.25. The number of likely N-dealkylation sites (N-methyl/N-ethyl adjacent to an activating group) is 1. The number of para-hydroxylation sites is 1. The Labute approximate surface area is 148 Å². The molecule has 0 bridgehead atoms. The molecule has 2 aromatic rings. The largest absolute Gasteiger partial charge is 0.452 e. The minimum Gasteiger partial charge on any atom is -0.452 e. The zero-order chi connectivity index (χ0) is 18.2. The topological polar surface area (TPSA) is 89.8 Å². The summed E-state index contributed by atoms with van der Waals surface area (Å²) in [7, 11) is 1.62. The number of ether oxygens (including phenoxy) is 1. The molecule has 25 heavy (non-hydrogen) atoms. The first-order chi connectivity index (χ1) is 12.0. The van der Waals surface area contributed by atoms with E-state index in [1.165, 1.54) is 40.5 Å². The molecule has 0 radical (unpaired) electrons. The first kappa shape index (κ1) is 18.3. The molecule has 0 N–H and O–H groups in total. The number of nitro benzene ring substituents is 1. The van der Waals surface area contributed by atoms with E-state index in [1.807, 2.05) is 16.8 Å². The van der Waals surface area contributed by atoms with Crippen LogP contribution in [0.25, 0.3) is 6.08 Å². The second-order valence-electron chi connectivity index (χ2n) is 5.14. The van der Waals surface area contributed by atoms with Gasteiger partial charge < -0.3 is 9.64 Å². The average Bonchev–Trinajstić information content (AvgIpc) is 3.10. The average molecular weight is 360 g/mol. The van der Waals surface area contributed by atoms with E-state index in [9.17, 15) is 19.7 Å². The molecule has 0 saturated carbocycles. The summed E-state index contributed by atoms with van der Waals surface area (Å²) in [5.74, 6) is -1.07. The van der Waals surface area contributed by atoms with E-state index in [0.717, 1.165) is 11.6 Å². The fourth-order valence-electron chi connectivity index (χ4n) is 1.99. The molecule has 0 saturated heterocycles. The third kappa shape index (κ3) is 5.54. The zero-order valence-corrected chi connectivity index (χ0v) is 14.3. The normalized spacial score (nSPS) is 10.6. The highest BCUT2D eigenvalue weighted by Crippen LogP contribution is 2.18. The summed E-state index contributed by atoms with van der Waals surface area (Å²) in [5, 5.41) is 14.7. The van der Waals surface area contributed by atoms with E-state index >= 15 is 0 Å². The van der Waals surface area contributed by atoms with Crippen molar-refractivity contribution >= 4 is 35.0 Å². The number of esters is 1. The predicted molar refractivity (Wildman–Crippen MR) is 93.9 cm³/mol. The molecule has 0 aliphatic heterocycles. The molecule has 8 heteroatoms. The Balaban J connectivity index is 1.86. The second-order valence-corrected chi connectivity index (χ2v) is 5.92. The van der Waals surface area contributed by atoms with Gasteiger partial charge in [0.25, 0.3) is 11.6 Å². The van der Waals surface area contributed by atoms with Crippen molar-refractivity contribution in [2.75, 3.05) is 13.7 Å². The molecule has 0 unspecified atom stereocenters. The molecule has 130 valence electrons. The fourth-order valence-corrected chi connectivity index (χ4v) is 2.65. The van der Waals surface area contributed by atoms with Crippen LogP contribution in [-0.2, 0) is 20.9 Å². The van der Waals surface area contributed by atoms with Gasteiger partial charge in [-0.3, -0.25) is 14.9 Å². The van der Waals surface area contributed by atoms with Crippen molar-refractivity contribution in [3.05, 3.63) is 68.4 Å². The molecular weight excluding hydrogens is 344 g/mol. The zero-order valence-electron chi connectivity index (χ0n) is 13.5. The third-order valence-corrected chi connectivity index (χ3v) is 4.03. The molecule has 0 fully saturated rings. The second kappa shape index (κ2) is 8.74. The van der Waals surface area contributed by atoms with Crippen LogP contribution >= 0.6 is 11.3 Å². The van der Waals surface area contributed by atoms with Crippen LogP contribution in [0.3, 0.4) is 0 Å². The lowest BCUT2D eigenvalue weighted by Gasteiger charge is -2.15. The molecule has 7 nitrogen and oxygen atoms in total. The summed E-state index contributed by atoms with van der Waals surface area (Å²) >= 11 is 1.54. The lowest BCUT2D eigenvalue weighted by molar-refractivity contribution is -0.385. The highest BCUT2D eigenvalue weighted by atomic mass is 32.1. The van der Waals surface area contributed by atoms with Gasteiger partial charge in [-0.25, -0.2) is 4.79 Å². The SMILES string of the molecule is CN(Cc1ccsc1)C(=O)COC(=O)/C=C/c1ccccc1[N+](=O)[O-]. The molecule has 1 amide bonds. The number of rotatable bonds is 7. The van der Waals surface area contributed by atoms with Crippen molar-refractivity contribution in [2.45, 2.75) is 6.54 Å². The smallest absolute Gasteiger partial charge is 0.331 e. The molecule has 0 aliphatic rings. The van der Waals surface area contributed by atoms with Crippen molar-refractivity contribution in [3.63, 3.8) is 0 Å². The number of hydrogen-bond donors (Lipinski definition) is 0. The fraction of sp³-hybridized carbons (Fsp3) is 0.176. The lowest BCUT2D eigenvalue weighted by Crippen LogP contribution is -2.30. The van der Waals surface area contributed by atoms with Crippen molar-refractivity contribution in [2.24, 2.45) is 0 Å². The molecule has 1 aromatic heterocycles. The molecule has 0 atom stereocenters. The molecule has 0 aliphatic carbocycles. The van der Waals surface area contributed by atoms with E-state index in [1.54, 1.807) is 13.1 Å². The van der Waals surface area contributed by atoms with Crippen LogP contribution in [0.4, 0.5) is 5.69 Å². The van der Waals surface area contributed by atoms with Crippen LogP contribution in [0.2, 0.25) is 0 Å². The van der Waals surface area contributed by atoms with Gasteiger partial charge >= 0.3 is 5.97 Å². The van der Waals surface area contributed by atoms with E-state index in [0.29, 0.717) is 6.54 Å². The summed E-state index contributed by atoms with van der Waals surface area (Å²) in [6.07, 6.45) is 2.36. The van der Waals surface area contributed by atoms with Crippen LogP contribution in [0.1, 0.15) is 11.1 Å². The Hall–Kier alpha value is -3.00. The van der Waals surface area contributed by atoms with E-state index < -0.39 is 10.9 Å². The van der Waals surface area contributed by atoms with E-state index in [4.69, 9.17) is 4.74 Å². The van der Waals surface area contributed by atoms with Crippen LogP contribution in [-0.4, -0.2) is 35.4 Å². The van der Waals surface area contributed by atoms with E-state index in [-0.39, 0.29) is 23.8 Å². The van der Waals surface area contributed by atoms with Crippen molar-refractivity contribution in [3.8, 4) is 0 Å². The van der Waals surface area contributed by atoms with Crippen LogP contribution in [0.5, 0.6) is 0 Å². The van der Waals surface area contributed by atoms with Crippen LogP contribution < -0.4 is 0 Å². The number of carbonyl (C=O) groups is 2. The van der Waals surface area contributed by atoms with Gasteiger partial charge in [0.15, 0.2) is 6.61 Å². The first-order valence-electron chi connectivity index (χ1n) is 7.30. The monoisotopic (exact) mass is 360 g/mol. The van der Waals surface area contributed by atoms with Gasteiger partial charge in [0, 0.05) is 25.7 Å². The van der Waals surface area contributed by atoms with E-state index in [2.05, 4.69) is 0 Å². The van der Waals surface area contributed by atoms with Gasteiger partial charge in [0.05, 0.1) is 10.5 Å². The number of thiophene rings is 1. The van der Waals surface area contributed by atoms with Crippen molar-refractivity contribution in [1.29, 1.82) is 0 Å². The summed E-state index contributed by atoms with van der Waals surface area (Å²) in [5.41, 5.74) is 1.17. The number of nitrogens with zero attached hydrogens (tertiary/aromatic N) is 2. The number of amides is 1. The Bertz CT molecular complexity index is 786. The number of hydrogen-bond acceptors (Lipinski definition) is 6. The Morgan fingerprint density at radius 1 is 1.32 bits per heavy atom. The van der Waals surface area contributed by atoms with Crippen LogP contribution in [0, 0.1) is 10.1 Å². The highest BCUT2D eigenvalue weighted by molar-refractivity contribution is 7.07. The number of nitro groups is 1. The lowest BCUT2D eigenvalue weighted by atomic mass is 10.1. The molecule has 1 aromatic carbocycles. The summed E-state index contributed by atoms with van der Waals surface area (Å²) in [4.78, 5) is 35.4. The van der Waals surface area contributed by atoms with Gasteiger partial charge in [0.1, 0.15) is 0 Å². The Kier molecular flexibility index (Phi) is 6.41. The van der Waals surface area contributed by atoms with Gasteiger partial charge in [0.2, 0.25) is 0 Å². The number of carbonyl (C=O) groups excluding carboxylic acids is 2. The summed E-state index contributed by atoms with van der Waals surface area (Å²) in [6.45, 7) is 0.0482.